The normalized spacial score (nSPS) is 13.7. The van der Waals surface area contributed by atoms with Gasteiger partial charge >= 0.3 is 0 Å². The van der Waals surface area contributed by atoms with Crippen molar-refractivity contribution in [3.63, 3.8) is 0 Å². The van der Waals surface area contributed by atoms with Crippen LogP contribution in [0.1, 0.15) is 53.4 Å². The van der Waals surface area contributed by atoms with Gasteiger partial charge in [0, 0.05) is 0 Å². The van der Waals surface area contributed by atoms with Crippen molar-refractivity contribution in [1.29, 1.82) is 0 Å². The van der Waals surface area contributed by atoms with Crippen molar-refractivity contribution >= 4 is 0 Å². The fourth-order valence-electron chi connectivity index (χ4n) is 1.32. The molecule has 0 heteroatoms. The van der Waals surface area contributed by atoms with Crippen LogP contribution >= 0.6 is 0 Å². The lowest BCUT2D eigenvalue weighted by Crippen LogP contribution is -1.85. The summed E-state index contributed by atoms with van der Waals surface area (Å²) in [6.07, 6.45) is 9.69. The Morgan fingerprint density at radius 3 is 2.17 bits per heavy atom. The first-order valence-electron chi connectivity index (χ1n) is 5.04. The highest BCUT2D eigenvalue weighted by atomic mass is 14.0. The average Bonchev–Trinajstić information content (AvgIpc) is 2.11. The van der Waals surface area contributed by atoms with Crippen molar-refractivity contribution in [2.45, 2.75) is 53.4 Å². The van der Waals surface area contributed by atoms with Crippen LogP contribution in [0.2, 0.25) is 0 Å². The quantitative estimate of drug-likeness (QED) is 0.417. The Morgan fingerprint density at radius 1 is 1.08 bits per heavy atom. The SMILES string of the molecule is C/C=C(C)\C(=C/C)CCCCC. The van der Waals surface area contributed by atoms with E-state index in [1.54, 1.807) is 0 Å². The number of unbranched alkanes of at least 4 members (excludes halogenated alkanes) is 2. The first-order valence-corrected chi connectivity index (χ1v) is 5.04. The second-order valence-electron chi connectivity index (χ2n) is 3.24. The lowest BCUT2D eigenvalue weighted by molar-refractivity contribution is 0.715. The number of hydrogen-bond acceptors (Lipinski definition) is 0. The highest BCUT2D eigenvalue weighted by Crippen LogP contribution is 2.16. The van der Waals surface area contributed by atoms with Gasteiger partial charge in [-0.3, -0.25) is 0 Å². The van der Waals surface area contributed by atoms with Gasteiger partial charge in [-0.15, -0.1) is 0 Å². The molecule has 0 radical (unpaired) electrons. The van der Waals surface area contributed by atoms with Gasteiger partial charge in [-0.05, 0) is 39.2 Å². The summed E-state index contributed by atoms with van der Waals surface area (Å²) in [7, 11) is 0. The van der Waals surface area contributed by atoms with Crippen molar-refractivity contribution in [3.05, 3.63) is 23.3 Å². The molecule has 0 unspecified atom stereocenters. The predicted octanol–water partition coefficient (Wildman–Crippen LogP) is 4.48. The van der Waals surface area contributed by atoms with Crippen LogP contribution in [0.4, 0.5) is 0 Å². The minimum atomic E-state index is 1.25. The monoisotopic (exact) mass is 166 g/mol. The lowest BCUT2D eigenvalue weighted by Gasteiger charge is -2.05. The zero-order valence-corrected chi connectivity index (χ0v) is 8.98. The van der Waals surface area contributed by atoms with Crippen LogP contribution in [0, 0.1) is 0 Å². The van der Waals surface area contributed by atoms with Crippen molar-refractivity contribution in [1.82, 2.24) is 0 Å². The molecule has 0 spiro atoms. The van der Waals surface area contributed by atoms with Gasteiger partial charge in [0.15, 0.2) is 0 Å². The molecule has 0 aliphatic rings. The molecule has 0 aliphatic heterocycles. The molecule has 0 heterocycles. The highest BCUT2D eigenvalue weighted by molar-refractivity contribution is 5.27. The number of allylic oxidation sites excluding steroid dienone is 4. The molecule has 0 bridgehead atoms. The van der Waals surface area contributed by atoms with E-state index in [1.165, 1.54) is 36.8 Å². The van der Waals surface area contributed by atoms with Crippen LogP contribution in [-0.2, 0) is 0 Å². The van der Waals surface area contributed by atoms with Gasteiger partial charge in [-0.1, -0.05) is 37.5 Å². The van der Waals surface area contributed by atoms with Gasteiger partial charge in [-0.2, -0.15) is 0 Å². The molecular weight excluding hydrogens is 144 g/mol. The first kappa shape index (κ1) is 11.5. The van der Waals surface area contributed by atoms with Crippen LogP contribution < -0.4 is 0 Å². The van der Waals surface area contributed by atoms with Crippen LogP contribution in [0.15, 0.2) is 23.3 Å². The van der Waals surface area contributed by atoms with E-state index in [2.05, 4.69) is 39.8 Å². The standard InChI is InChI=1S/C12H22/c1-5-8-9-10-12(7-3)11(4)6-2/h6-7H,5,8-10H2,1-4H3/b11-6-,12-7-. The summed E-state index contributed by atoms with van der Waals surface area (Å²) in [5.74, 6) is 0. The molecule has 0 saturated heterocycles. The van der Waals surface area contributed by atoms with Crippen molar-refractivity contribution in [2.24, 2.45) is 0 Å². The summed E-state index contributed by atoms with van der Waals surface area (Å²) in [5.41, 5.74) is 2.96. The maximum atomic E-state index is 2.25. The Labute approximate surface area is 77.4 Å². The molecular formula is C12H22. The zero-order valence-electron chi connectivity index (χ0n) is 8.98. The van der Waals surface area contributed by atoms with E-state index in [-0.39, 0.29) is 0 Å². The molecule has 0 aliphatic carbocycles. The van der Waals surface area contributed by atoms with Crippen LogP contribution in [0.3, 0.4) is 0 Å². The van der Waals surface area contributed by atoms with Crippen molar-refractivity contribution < 1.29 is 0 Å². The van der Waals surface area contributed by atoms with Crippen LogP contribution in [0.25, 0.3) is 0 Å². The summed E-state index contributed by atoms with van der Waals surface area (Å²) in [6, 6.07) is 0. The summed E-state index contributed by atoms with van der Waals surface area (Å²) in [4.78, 5) is 0. The summed E-state index contributed by atoms with van der Waals surface area (Å²) in [5, 5.41) is 0. The Hall–Kier alpha value is -0.520. The molecule has 70 valence electrons. The molecule has 0 aromatic rings. The van der Waals surface area contributed by atoms with Gasteiger partial charge in [0.25, 0.3) is 0 Å². The van der Waals surface area contributed by atoms with Crippen molar-refractivity contribution in [2.75, 3.05) is 0 Å². The van der Waals surface area contributed by atoms with Gasteiger partial charge < -0.3 is 0 Å². The van der Waals surface area contributed by atoms with E-state index < -0.39 is 0 Å². The molecule has 0 amide bonds. The molecule has 0 N–H and O–H groups in total. The summed E-state index contributed by atoms with van der Waals surface area (Å²) in [6.45, 7) is 8.69. The molecule has 0 rings (SSSR count). The molecule has 0 aromatic carbocycles. The molecule has 0 saturated carbocycles. The molecule has 0 nitrogen and oxygen atoms in total. The largest absolute Gasteiger partial charge is 0.0845 e. The molecule has 0 atom stereocenters. The number of hydrogen-bond donors (Lipinski definition) is 0. The smallest absolute Gasteiger partial charge is 0.0280 e. The van der Waals surface area contributed by atoms with E-state index in [4.69, 9.17) is 0 Å². The second-order valence-corrected chi connectivity index (χ2v) is 3.24. The molecule has 0 fully saturated rings. The Kier molecular flexibility index (Phi) is 6.84. The van der Waals surface area contributed by atoms with Crippen molar-refractivity contribution in [3.8, 4) is 0 Å². The second kappa shape index (κ2) is 7.15. The third kappa shape index (κ3) is 4.38. The van der Waals surface area contributed by atoms with Crippen LogP contribution in [0.5, 0.6) is 0 Å². The van der Waals surface area contributed by atoms with Gasteiger partial charge in [0.2, 0.25) is 0 Å². The number of rotatable bonds is 5. The zero-order chi connectivity index (χ0) is 9.40. The maximum Gasteiger partial charge on any atom is -0.0280 e. The fourth-order valence-corrected chi connectivity index (χ4v) is 1.32. The highest BCUT2D eigenvalue weighted by Gasteiger charge is 1.96. The Bertz CT molecular complexity index is 161. The minimum Gasteiger partial charge on any atom is -0.0845 e. The summed E-state index contributed by atoms with van der Waals surface area (Å²) >= 11 is 0. The van der Waals surface area contributed by atoms with Gasteiger partial charge in [0.1, 0.15) is 0 Å². The molecule has 0 aromatic heterocycles. The van der Waals surface area contributed by atoms with E-state index in [1.807, 2.05) is 0 Å². The van der Waals surface area contributed by atoms with E-state index in [9.17, 15) is 0 Å². The minimum absolute atomic E-state index is 1.25. The molecule has 12 heavy (non-hydrogen) atoms. The average molecular weight is 166 g/mol. The topological polar surface area (TPSA) is 0 Å². The Morgan fingerprint density at radius 2 is 1.75 bits per heavy atom. The maximum absolute atomic E-state index is 2.25. The first-order chi connectivity index (χ1) is 5.76. The summed E-state index contributed by atoms with van der Waals surface area (Å²) < 4.78 is 0. The van der Waals surface area contributed by atoms with Gasteiger partial charge in [-0.25, -0.2) is 0 Å². The third-order valence-corrected chi connectivity index (χ3v) is 2.34. The van der Waals surface area contributed by atoms with Gasteiger partial charge in [0.05, 0.1) is 0 Å². The van der Waals surface area contributed by atoms with E-state index in [0.717, 1.165) is 0 Å². The Balaban J connectivity index is 3.86. The van der Waals surface area contributed by atoms with E-state index in [0.29, 0.717) is 0 Å². The van der Waals surface area contributed by atoms with E-state index >= 15 is 0 Å². The van der Waals surface area contributed by atoms with Crippen LogP contribution in [-0.4, -0.2) is 0 Å². The fraction of sp³-hybridized carbons (Fsp3) is 0.667. The third-order valence-electron chi connectivity index (χ3n) is 2.34. The predicted molar refractivity (Wildman–Crippen MR) is 57.3 cm³/mol. The lowest BCUT2D eigenvalue weighted by atomic mass is 10.0.